The van der Waals surface area contributed by atoms with Gasteiger partial charge in [-0.2, -0.15) is 4.31 Å². The number of hydrogen-bond donors (Lipinski definition) is 1. The Morgan fingerprint density at radius 1 is 0.950 bits per heavy atom. The summed E-state index contributed by atoms with van der Waals surface area (Å²) in [7, 11) is -3.73. The molecule has 40 heavy (non-hydrogen) atoms. The topological polar surface area (TPSA) is 116 Å². The molecule has 0 aliphatic carbocycles. The minimum atomic E-state index is -3.73. The van der Waals surface area contributed by atoms with Gasteiger partial charge in [0, 0.05) is 50.1 Å². The van der Waals surface area contributed by atoms with Crippen molar-refractivity contribution < 1.29 is 27.5 Å². The fourth-order valence-electron chi connectivity index (χ4n) is 5.67. The Bertz CT molecular complexity index is 1390. The molecule has 0 radical (unpaired) electrons. The molecule has 0 bridgehead atoms. The number of amides is 3. The zero-order chi connectivity index (χ0) is 28.6. The van der Waals surface area contributed by atoms with Crippen molar-refractivity contribution >= 4 is 44.1 Å². The summed E-state index contributed by atoms with van der Waals surface area (Å²) < 4.78 is 33.5. The second kappa shape index (κ2) is 11.6. The minimum absolute atomic E-state index is 0.0235. The molecule has 12 heteroatoms. The molecule has 1 aromatic heterocycles. The highest BCUT2D eigenvalue weighted by Crippen LogP contribution is 2.38. The lowest BCUT2D eigenvalue weighted by Crippen LogP contribution is -2.48. The third kappa shape index (κ3) is 5.81. The molecule has 0 spiro atoms. The van der Waals surface area contributed by atoms with Gasteiger partial charge in [0.15, 0.2) is 0 Å². The van der Waals surface area contributed by atoms with Gasteiger partial charge in [0.05, 0.1) is 29.2 Å². The summed E-state index contributed by atoms with van der Waals surface area (Å²) in [4.78, 5) is 43.6. The van der Waals surface area contributed by atoms with Crippen molar-refractivity contribution in [2.75, 3.05) is 38.0 Å². The summed E-state index contributed by atoms with van der Waals surface area (Å²) in [6.45, 7) is 8.08. The highest BCUT2D eigenvalue weighted by atomic mass is 32.2. The van der Waals surface area contributed by atoms with Gasteiger partial charge in [-0.15, -0.1) is 11.3 Å². The first-order chi connectivity index (χ1) is 19.0. The van der Waals surface area contributed by atoms with Crippen LogP contribution in [0.5, 0.6) is 0 Å². The Morgan fingerprint density at radius 3 is 2.23 bits per heavy atom. The van der Waals surface area contributed by atoms with Gasteiger partial charge in [-0.05, 0) is 69.4 Å². The number of anilines is 1. The maximum atomic E-state index is 13.7. The number of ether oxygens (including phenoxy) is 1. The number of likely N-dealkylation sites (tertiary alicyclic amines) is 1. The van der Waals surface area contributed by atoms with Crippen LogP contribution in [-0.4, -0.2) is 85.2 Å². The number of piperidine rings is 1. The van der Waals surface area contributed by atoms with Crippen molar-refractivity contribution in [3.8, 4) is 0 Å². The van der Waals surface area contributed by atoms with Crippen molar-refractivity contribution in [3.63, 3.8) is 0 Å². The van der Waals surface area contributed by atoms with Gasteiger partial charge in [-0.3, -0.25) is 14.4 Å². The quantitative estimate of drug-likeness (QED) is 0.573. The first-order valence-corrected chi connectivity index (χ1v) is 16.1. The van der Waals surface area contributed by atoms with E-state index < -0.39 is 15.9 Å². The molecule has 3 aliphatic heterocycles. The largest absolute Gasteiger partial charge is 0.373 e. The Morgan fingerprint density at radius 2 is 1.60 bits per heavy atom. The normalized spacial score (nSPS) is 22.1. The second-order valence-electron chi connectivity index (χ2n) is 10.8. The van der Waals surface area contributed by atoms with E-state index in [2.05, 4.69) is 5.32 Å². The average Bonchev–Trinajstić information content (AvgIpc) is 3.29. The van der Waals surface area contributed by atoms with E-state index in [-0.39, 0.29) is 47.6 Å². The predicted octanol–water partition coefficient (Wildman–Crippen LogP) is 3.33. The number of fused-ring (bicyclic) bond motifs is 1. The van der Waals surface area contributed by atoms with Crippen molar-refractivity contribution in [3.05, 3.63) is 45.8 Å². The van der Waals surface area contributed by atoms with E-state index in [1.54, 1.807) is 4.90 Å². The molecule has 2 fully saturated rings. The number of benzene rings is 1. The summed E-state index contributed by atoms with van der Waals surface area (Å²) in [5.41, 5.74) is 1.72. The van der Waals surface area contributed by atoms with Gasteiger partial charge in [0.2, 0.25) is 15.9 Å². The zero-order valence-electron chi connectivity index (χ0n) is 23.1. The molecule has 2 unspecified atom stereocenters. The standard InChI is InChI=1S/C28H36N4O6S2/c1-18-15-32(16-19(2)38-18)40(36,37)22-9-7-21(8-10-22)26(34)29-27-25(28(35)30-12-5-4-6-13-30)23-11-14-31(20(3)33)17-24(23)39-27/h7-10,18-19H,4-6,11-17H2,1-3H3,(H,29,34). The molecular weight excluding hydrogens is 552 g/mol. The average molecular weight is 589 g/mol. The lowest BCUT2D eigenvalue weighted by molar-refractivity contribution is -0.129. The molecule has 216 valence electrons. The SMILES string of the molecule is CC(=O)N1CCc2c(sc(NC(=O)c3ccc(S(=O)(=O)N4CC(C)OC(C)C4)cc3)c2C(=O)N2CCCCC2)C1. The summed E-state index contributed by atoms with van der Waals surface area (Å²) in [5, 5.41) is 3.41. The fraction of sp³-hybridized carbons (Fsp3) is 0.536. The predicted molar refractivity (Wildman–Crippen MR) is 152 cm³/mol. The first kappa shape index (κ1) is 28.7. The molecule has 5 rings (SSSR count). The number of sulfonamides is 1. The third-order valence-electron chi connectivity index (χ3n) is 7.73. The highest BCUT2D eigenvalue weighted by molar-refractivity contribution is 7.89. The van der Waals surface area contributed by atoms with Gasteiger partial charge >= 0.3 is 0 Å². The van der Waals surface area contributed by atoms with Crippen LogP contribution in [0.15, 0.2) is 29.2 Å². The summed E-state index contributed by atoms with van der Waals surface area (Å²) >= 11 is 1.34. The minimum Gasteiger partial charge on any atom is -0.373 e. The van der Waals surface area contributed by atoms with E-state index in [4.69, 9.17) is 4.74 Å². The molecule has 2 atom stereocenters. The Kier molecular flexibility index (Phi) is 8.32. The van der Waals surface area contributed by atoms with Gasteiger partial charge < -0.3 is 19.9 Å². The molecule has 4 heterocycles. The maximum Gasteiger partial charge on any atom is 0.257 e. The summed E-state index contributed by atoms with van der Waals surface area (Å²) in [6, 6.07) is 5.87. The maximum absolute atomic E-state index is 13.7. The van der Waals surface area contributed by atoms with Crippen LogP contribution in [0.25, 0.3) is 0 Å². The van der Waals surface area contributed by atoms with Gasteiger partial charge in [-0.25, -0.2) is 8.42 Å². The Labute approximate surface area is 239 Å². The van der Waals surface area contributed by atoms with Crippen molar-refractivity contribution in [1.82, 2.24) is 14.1 Å². The lowest BCUT2D eigenvalue weighted by Gasteiger charge is -2.34. The Balaban J connectivity index is 1.38. The molecule has 2 saturated heterocycles. The van der Waals surface area contributed by atoms with E-state index >= 15 is 0 Å². The van der Waals surface area contributed by atoms with Gasteiger partial charge in [0.1, 0.15) is 5.00 Å². The molecule has 2 aromatic rings. The van der Waals surface area contributed by atoms with Crippen molar-refractivity contribution in [2.45, 2.75) is 70.1 Å². The van der Waals surface area contributed by atoms with E-state index in [1.165, 1.54) is 46.8 Å². The number of nitrogens with zero attached hydrogens (tertiary/aromatic N) is 3. The molecule has 3 amide bonds. The summed E-state index contributed by atoms with van der Waals surface area (Å²) in [6.07, 6.45) is 3.15. The van der Waals surface area contributed by atoms with Crippen LogP contribution in [0.2, 0.25) is 0 Å². The van der Waals surface area contributed by atoms with E-state index in [9.17, 15) is 22.8 Å². The van der Waals surface area contributed by atoms with Crippen LogP contribution in [0, 0.1) is 0 Å². The molecule has 1 aromatic carbocycles. The van der Waals surface area contributed by atoms with Crippen molar-refractivity contribution in [2.24, 2.45) is 0 Å². The highest BCUT2D eigenvalue weighted by Gasteiger charge is 2.34. The molecule has 0 saturated carbocycles. The number of thiophene rings is 1. The monoisotopic (exact) mass is 588 g/mol. The zero-order valence-corrected chi connectivity index (χ0v) is 24.8. The number of nitrogens with one attached hydrogen (secondary N) is 1. The summed E-state index contributed by atoms with van der Waals surface area (Å²) in [5.74, 6) is -0.531. The number of morpholine rings is 1. The lowest BCUT2D eigenvalue weighted by atomic mass is 10.0. The van der Waals surface area contributed by atoms with E-state index in [1.807, 2.05) is 18.7 Å². The fourth-order valence-corrected chi connectivity index (χ4v) is 8.51. The first-order valence-electron chi connectivity index (χ1n) is 13.8. The molecular formula is C28H36N4O6S2. The van der Waals surface area contributed by atoms with Gasteiger partial charge in [-0.1, -0.05) is 0 Å². The number of hydrogen-bond acceptors (Lipinski definition) is 7. The number of carbonyl (C=O) groups excluding carboxylic acids is 3. The number of carbonyl (C=O) groups is 3. The second-order valence-corrected chi connectivity index (χ2v) is 13.9. The smallest absolute Gasteiger partial charge is 0.257 e. The van der Waals surface area contributed by atoms with Crippen LogP contribution in [0.1, 0.15) is 71.2 Å². The third-order valence-corrected chi connectivity index (χ3v) is 10.7. The van der Waals surface area contributed by atoms with Crippen LogP contribution in [0.3, 0.4) is 0 Å². The molecule has 3 aliphatic rings. The Hall–Kier alpha value is -2.80. The molecule has 10 nitrogen and oxygen atoms in total. The number of rotatable bonds is 5. The van der Waals surface area contributed by atoms with Gasteiger partial charge in [0.25, 0.3) is 11.8 Å². The van der Waals surface area contributed by atoms with Crippen LogP contribution >= 0.6 is 11.3 Å². The van der Waals surface area contributed by atoms with Crippen LogP contribution in [-0.2, 0) is 32.5 Å². The van der Waals surface area contributed by atoms with Crippen molar-refractivity contribution in [1.29, 1.82) is 0 Å². The van der Waals surface area contributed by atoms with Crippen LogP contribution < -0.4 is 5.32 Å². The van der Waals surface area contributed by atoms with E-state index in [0.717, 1.165) is 29.7 Å². The molecule has 1 N–H and O–H groups in total. The van der Waals surface area contributed by atoms with Crippen LogP contribution in [0.4, 0.5) is 5.00 Å². The van der Waals surface area contributed by atoms with E-state index in [0.29, 0.717) is 43.2 Å².